The molecule has 11 heteroatoms. The van der Waals surface area contributed by atoms with Gasteiger partial charge in [-0.15, -0.1) is 0 Å². The van der Waals surface area contributed by atoms with Gasteiger partial charge in [-0.05, 0) is 25.0 Å². The van der Waals surface area contributed by atoms with Crippen LogP contribution in [0.4, 0.5) is 0 Å². The highest BCUT2D eigenvalue weighted by Crippen LogP contribution is 2.28. The minimum Gasteiger partial charge on any atom is -0.480 e. The maximum atomic E-state index is 11.6. The van der Waals surface area contributed by atoms with Crippen molar-refractivity contribution < 1.29 is 39.2 Å². The summed E-state index contributed by atoms with van der Waals surface area (Å²) in [5.41, 5.74) is 0.793. The van der Waals surface area contributed by atoms with Gasteiger partial charge in [0, 0.05) is 24.8 Å². The molecular formula is C20H27N3O8. The first-order valence-electron chi connectivity index (χ1n) is 9.88. The van der Waals surface area contributed by atoms with E-state index in [2.05, 4.69) is 9.72 Å². The molecule has 0 amide bonds. The number of esters is 1. The second-order valence-electron chi connectivity index (χ2n) is 7.44. The smallest absolute Gasteiger partial charge is 0.339 e. The van der Waals surface area contributed by atoms with E-state index in [0.717, 1.165) is 12.8 Å². The standard InChI is InChI=1S/C20H27N3O8/c1-31-20(30)13-6-7-14(21-8-13)9-22(10-17(24)25)15-4-2-3-5-16(15)23(11-18(26)27)12-19(28)29/h6-8,15-16H,2-5,9-12H2,1H3,(H,24,25)(H,26,27)(H,28,29). The Kier molecular flexibility index (Phi) is 8.88. The number of nitrogens with zero attached hydrogens (tertiary/aromatic N) is 3. The Bertz CT molecular complexity index is 782. The monoisotopic (exact) mass is 437 g/mol. The number of aliphatic carboxylic acids is 3. The van der Waals surface area contributed by atoms with E-state index in [9.17, 15) is 34.5 Å². The Balaban J connectivity index is 2.27. The van der Waals surface area contributed by atoms with Gasteiger partial charge in [0.2, 0.25) is 0 Å². The third-order valence-corrected chi connectivity index (χ3v) is 5.26. The van der Waals surface area contributed by atoms with Crippen LogP contribution in [0.25, 0.3) is 0 Å². The molecule has 0 saturated heterocycles. The quantitative estimate of drug-likeness (QED) is 0.415. The van der Waals surface area contributed by atoms with Gasteiger partial charge in [-0.3, -0.25) is 29.2 Å². The second-order valence-corrected chi connectivity index (χ2v) is 7.44. The zero-order valence-electron chi connectivity index (χ0n) is 17.3. The highest BCUT2D eigenvalue weighted by Gasteiger charge is 2.36. The van der Waals surface area contributed by atoms with Crippen LogP contribution in [0.1, 0.15) is 41.7 Å². The third-order valence-electron chi connectivity index (χ3n) is 5.26. The molecule has 31 heavy (non-hydrogen) atoms. The molecule has 2 atom stereocenters. The van der Waals surface area contributed by atoms with Gasteiger partial charge in [-0.25, -0.2) is 4.79 Å². The minimum absolute atomic E-state index is 0.156. The fourth-order valence-corrected chi connectivity index (χ4v) is 4.01. The molecular weight excluding hydrogens is 410 g/mol. The number of rotatable bonds is 11. The maximum Gasteiger partial charge on any atom is 0.339 e. The number of pyridine rings is 1. The van der Waals surface area contributed by atoms with Crippen LogP contribution in [0.15, 0.2) is 18.3 Å². The number of ether oxygens (including phenoxy) is 1. The van der Waals surface area contributed by atoms with Crippen molar-refractivity contribution in [3.63, 3.8) is 0 Å². The lowest BCUT2D eigenvalue weighted by Gasteiger charge is -2.43. The number of hydrogen-bond donors (Lipinski definition) is 3. The van der Waals surface area contributed by atoms with Crippen molar-refractivity contribution in [3.05, 3.63) is 29.6 Å². The van der Waals surface area contributed by atoms with Gasteiger partial charge in [0.25, 0.3) is 0 Å². The summed E-state index contributed by atoms with van der Waals surface area (Å²) >= 11 is 0. The van der Waals surface area contributed by atoms with Gasteiger partial charge in [-0.1, -0.05) is 12.8 Å². The molecule has 1 aliphatic carbocycles. The van der Waals surface area contributed by atoms with Gasteiger partial charge in [-0.2, -0.15) is 0 Å². The molecule has 0 bridgehead atoms. The molecule has 3 N–H and O–H groups in total. The van der Waals surface area contributed by atoms with E-state index in [4.69, 9.17) is 0 Å². The molecule has 1 aromatic rings. The topological polar surface area (TPSA) is 158 Å². The van der Waals surface area contributed by atoms with E-state index in [1.54, 1.807) is 11.0 Å². The van der Waals surface area contributed by atoms with Crippen LogP contribution in [-0.2, 0) is 25.7 Å². The minimum atomic E-state index is -1.14. The van der Waals surface area contributed by atoms with Gasteiger partial charge in [0.15, 0.2) is 0 Å². The molecule has 0 radical (unpaired) electrons. The van der Waals surface area contributed by atoms with Gasteiger partial charge in [0.05, 0.1) is 38.0 Å². The number of carbonyl (C=O) groups excluding carboxylic acids is 1. The summed E-state index contributed by atoms with van der Waals surface area (Å²) in [4.78, 5) is 53.0. The van der Waals surface area contributed by atoms with E-state index < -0.39 is 43.0 Å². The van der Waals surface area contributed by atoms with Crippen LogP contribution in [0.3, 0.4) is 0 Å². The number of carbonyl (C=O) groups is 4. The van der Waals surface area contributed by atoms with Crippen LogP contribution >= 0.6 is 0 Å². The number of carboxylic acids is 3. The van der Waals surface area contributed by atoms with Crippen molar-refractivity contribution in [1.82, 2.24) is 14.8 Å². The molecule has 1 aromatic heterocycles. The number of methoxy groups -OCH3 is 1. The Labute approximate surface area is 179 Å². The highest BCUT2D eigenvalue weighted by molar-refractivity contribution is 5.88. The van der Waals surface area contributed by atoms with Crippen molar-refractivity contribution in [3.8, 4) is 0 Å². The van der Waals surface area contributed by atoms with Crippen molar-refractivity contribution in [2.45, 2.75) is 44.3 Å². The van der Waals surface area contributed by atoms with Crippen molar-refractivity contribution >= 4 is 23.9 Å². The van der Waals surface area contributed by atoms with Gasteiger partial charge >= 0.3 is 23.9 Å². The van der Waals surface area contributed by atoms with E-state index in [1.807, 2.05) is 0 Å². The van der Waals surface area contributed by atoms with E-state index in [1.165, 1.54) is 24.3 Å². The fourth-order valence-electron chi connectivity index (χ4n) is 4.01. The Hall–Kier alpha value is -3.05. The second kappa shape index (κ2) is 11.4. The van der Waals surface area contributed by atoms with Gasteiger partial charge in [0.1, 0.15) is 0 Å². The normalized spacial score (nSPS) is 18.7. The van der Waals surface area contributed by atoms with Crippen LogP contribution in [0.5, 0.6) is 0 Å². The first-order valence-corrected chi connectivity index (χ1v) is 9.88. The van der Waals surface area contributed by atoms with Crippen LogP contribution in [0.2, 0.25) is 0 Å². The van der Waals surface area contributed by atoms with E-state index >= 15 is 0 Å². The predicted molar refractivity (Wildman–Crippen MR) is 107 cm³/mol. The van der Waals surface area contributed by atoms with Crippen LogP contribution in [-0.4, -0.2) is 92.8 Å². The summed E-state index contributed by atoms with van der Waals surface area (Å²) in [6.45, 7) is -1.04. The lowest BCUT2D eigenvalue weighted by molar-refractivity contribution is -0.146. The zero-order chi connectivity index (χ0) is 23.0. The number of carboxylic acid groups (broad SMARTS) is 3. The van der Waals surface area contributed by atoms with E-state index in [-0.39, 0.29) is 24.7 Å². The molecule has 170 valence electrons. The molecule has 1 fully saturated rings. The summed E-state index contributed by atoms with van der Waals surface area (Å²) in [7, 11) is 1.26. The summed E-state index contributed by atoms with van der Waals surface area (Å²) in [5.74, 6) is -3.88. The average Bonchev–Trinajstić information content (AvgIpc) is 2.72. The molecule has 1 aliphatic rings. The highest BCUT2D eigenvalue weighted by atomic mass is 16.5. The van der Waals surface area contributed by atoms with Crippen LogP contribution < -0.4 is 0 Å². The van der Waals surface area contributed by atoms with E-state index in [0.29, 0.717) is 18.5 Å². The molecule has 2 unspecified atom stereocenters. The third kappa shape index (κ3) is 7.30. The van der Waals surface area contributed by atoms with Crippen LogP contribution in [0, 0.1) is 0 Å². The lowest BCUT2D eigenvalue weighted by atomic mass is 9.87. The Morgan fingerprint density at radius 3 is 1.90 bits per heavy atom. The predicted octanol–water partition coefficient (Wildman–Crippen LogP) is 0.537. The zero-order valence-corrected chi connectivity index (χ0v) is 17.3. The first-order chi connectivity index (χ1) is 14.7. The molecule has 2 rings (SSSR count). The fraction of sp³-hybridized carbons (Fsp3) is 0.550. The molecule has 1 saturated carbocycles. The molecule has 11 nitrogen and oxygen atoms in total. The lowest BCUT2D eigenvalue weighted by Crippen LogP contribution is -2.56. The summed E-state index contributed by atoms with van der Waals surface area (Å²) < 4.78 is 4.64. The average molecular weight is 437 g/mol. The molecule has 0 spiro atoms. The number of aromatic nitrogens is 1. The first kappa shape index (κ1) is 24.2. The molecule has 1 heterocycles. The van der Waals surface area contributed by atoms with Crippen molar-refractivity contribution in [2.24, 2.45) is 0 Å². The van der Waals surface area contributed by atoms with Crippen molar-refractivity contribution in [2.75, 3.05) is 26.7 Å². The maximum absolute atomic E-state index is 11.6. The van der Waals surface area contributed by atoms with Crippen molar-refractivity contribution in [1.29, 1.82) is 0 Å². The number of hydrogen-bond acceptors (Lipinski definition) is 8. The molecule has 0 aromatic carbocycles. The summed E-state index contributed by atoms with van der Waals surface area (Å²) in [5, 5.41) is 27.9. The summed E-state index contributed by atoms with van der Waals surface area (Å²) in [6.07, 6.45) is 4.13. The Morgan fingerprint density at radius 2 is 1.45 bits per heavy atom. The summed E-state index contributed by atoms with van der Waals surface area (Å²) in [6, 6.07) is 2.36. The largest absolute Gasteiger partial charge is 0.480 e. The SMILES string of the molecule is COC(=O)c1ccc(CN(CC(=O)O)C2CCCCC2N(CC(=O)O)CC(=O)O)nc1. The molecule has 0 aliphatic heterocycles. The van der Waals surface area contributed by atoms with Gasteiger partial charge < -0.3 is 20.1 Å². The Morgan fingerprint density at radius 1 is 0.935 bits per heavy atom.